The lowest BCUT2D eigenvalue weighted by Gasteiger charge is -2.11. The number of rotatable bonds is 6. The molecule has 0 saturated heterocycles. The van der Waals surface area contributed by atoms with Gasteiger partial charge in [-0.2, -0.15) is 0 Å². The second-order valence-corrected chi connectivity index (χ2v) is 4.52. The van der Waals surface area contributed by atoms with Crippen LogP contribution in [0.5, 0.6) is 5.75 Å². The molecule has 0 unspecified atom stereocenters. The highest BCUT2D eigenvalue weighted by molar-refractivity contribution is 5.95. The number of benzene rings is 2. The molecule has 2 rings (SSSR count). The molecule has 0 bridgehead atoms. The van der Waals surface area contributed by atoms with Crippen LogP contribution in [0.1, 0.15) is 22.3 Å². The second kappa shape index (κ2) is 6.61. The fourth-order valence-corrected chi connectivity index (χ4v) is 2.05. The Bertz CT molecular complexity index is 582. The van der Waals surface area contributed by atoms with Gasteiger partial charge in [0.1, 0.15) is 5.75 Å². The number of carbonyl (C=O) groups is 1. The first-order valence-electron chi connectivity index (χ1n) is 6.51. The van der Waals surface area contributed by atoms with Gasteiger partial charge in [0.25, 0.3) is 0 Å². The van der Waals surface area contributed by atoms with E-state index >= 15 is 0 Å². The van der Waals surface area contributed by atoms with Gasteiger partial charge in [0.05, 0.1) is 11.3 Å². The largest absolute Gasteiger partial charge is 0.506 e. The molecule has 0 heterocycles. The number of hydrogen-bond acceptors (Lipinski definition) is 3. The highest BCUT2D eigenvalue weighted by atomic mass is 16.4. The third-order valence-electron chi connectivity index (χ3n) is 3.06. The topological polar surface area (TPSA) is 69.6 Å². The van der Waals surface area contributed by atoms with Gasteiger partial charge in [0.2, 0.25) is 0 Å². The monoisotopic (exact) mass is 271 g/mol. The Morgan fingerprint density at radius 3 is 2.50 bits per heavy atom. The van der Waals surface area contributed by atoms with Gasteiger partial charge < -0.3 is 15.5 Å². The smallest absolute Gasteiger partial charge is 0.337 e. The van der Waals surface area contributed by atoms with Gasteiger partial charge in [0.15, 0.2) is 0 Å². The summed E-state index contributed by atoms with van der Waals surface area (Å²) in [5, 5.41) is 21.8. The van der Waals surface area contributed by atoms with Crippen molar-refractivity contribution >= 4 is 11.7 Å². The zero-order valence-corrected chi connectivity index (χ0v) is 11.0. The van der Waals surface area contributed by atoms with Gasteiger partial charge in [-0.15, -0.1) is 0 Å². The summed E-state index contributed by atoms with van der Waals surface area (Å²) in [6, 6.07) is 14.6. The van der Waals surface area contributed by atoms with Crippen molar-refractivity contribution in [1.82, 2.24) is 0 Å². The van der Waals surface area contributed by atoms with Crippen LogP contribution >= 0.6 is 0 Å². The van der Waals surface area contributed by atoms with E-state index in [2.05, 4.69) is 17.4 Å². The van der Waals surface area contributed by atoms with Gasteiger partial charge in [-0.1, -0.05) is 36.4 Å². The number of phenolic OH excluding ortho intramolecular Hbond substituents is 1. The minimum Gasteiger partial charge on any atom is -0.506 e. The summed E-state index contributed by atoms with van der Waals surface area (Å²) in [7, 11) is 0. The number of phenols is 1. The van der Waals surface area contributed by atoms with Gasteiger partial charge in [-0.25, -0.2) is 4.79 Å². The van der Waals surface area contributed by atoms with Gasteiger partial charge in [0, 0.05) is 6.54 Å². The minimum atomic E-state index is -1.05. The average Bonchev–Trinajstić information content (AvgIpc) is 2.45. The molecule has 20 heavy (non-hydrogen) atoms. The number of anilines is 1. The first kappa shape index (κ1) is 13.9. The Hall–Kier alpha value is -2.49. The number of nitrogens with one attached hydrogen (secondary N) is 1. The summed E-state index contributed by atoms with van der Waals surface area (Å²) in [6.07, 6.45) is 1.77. The van der Waals surface area contributed by atoms with Crippen molar-refractivity contribution in [3.05, 3.63) is 59.7 Å². The quantitative estimate of drug-likeness (QED) is 0.557. The molecule has 0 atom stereocenters. The molecule has 2 aromatic rings. The summed E-state index contributed by atoms with van der Waals surface area (Å²) in [6.45, 7) is 0.604. The number of hydrogen-bond donors (Lipinski definition) is 3. The van der Waals surface area contributed by atoms with Crippen LogP contribution in [0, 0.1) is 0 Å². The SMILES string of the molecule is O=C(O)c1cccc(O)c1NCCCc1ccccc1. The average molecular weight is 271 g/mol. The lowest BCUT2D eigenvalue weighted by Crippen LogP contribution is -2.08. The molecule has 0 fully saturated rings. The lowest BCUT2D eigenvalue weighted by atomic mass is 10.1. The van der Waals surface area contributed by atoms with Crippen molar-refractivity contribution in [3.8, 4) is 5.75 Å². The zero-order valence-electron chi connectivity index (χ0n) is 11.0. The molecule has 0 aliphatic carbocycles. The number of aryl methyl sites for hydroxylation is 1. The Balaban J connectivity index is 1.93. The zero-order chi connectivity index (χ0) is 14.4. The Morgan fingerprint density at radius 2 is 1.80 bits per heavy atom. The van der Waals surface area contributed by atoms with E-state index in [0.29, 0.717) is 6.54 Å². The Morgan fingerprint density at radius 1 is 1.05 bits per heavy atom. The highest BCUT2D eigenvalue weighted by Crippen LogP contribution is 2.27. The van der Waals surface area contributed by atoms with Crippen LogP contribution in [-0.4, -0.2) is 22.7 Å². The van der Waals surface area contributed by atoms with Crippen molar-refractivity contribution < 1.29 is 15.0 Å². The summed E-state index contributed by atoms with van der Waals surface area (Å²) in [5.74, 6) is -1.09. The molecule has 3 N–H and O–H groups in total. The molecule has 0 radical (unpaired) electrons. The first-order valence-corrected chi connectivity index (χ1v) is 6.51. The molecule has 4 heteroatoms. The van der Waals surface area contributed by atoms with Crippen LogP contribution in [0.25, 0.3) is 0 Å². The molecule has 2 aromatic carbocycles. The second-order valence-electron chi connectivity index (χ2n) is 4.52. The minimum absolute atomic E-state index is 0.0374. The summed E-state index contributed by atoms with van der Waals surface area (Å²) in [4.78, 5) is 11.1. The number of aromatic carboxylic acids is 1. The molecule has 4 nitrogen and oxygen atoms in total. The molecular weight excluding hydrogens is 254 g/mol. The normalized spacial score (nSPS) is 10.2. The predicted octanol–water partition coefficient (Wildman–Crippen LogP) is 3.14. The van der Waals surface area contributed by atoms with E-state index in [1.807, 2.05) is 18.2 Å². The lowest BCUT2D eigenvalue weighted by molar-refractivity contribution is 0.0697. The number of para-hydroxylation sites is 1. The van der Waals surface area contributed by atoms with Crippen molar-refractivity contribution in [3.63, 3.8) is 0 Å². The van der Waals surface area contributed by atoms with E-state index in [-0.39, 0.29) is 17.0 Å². The number of aromatic hydroxyl groups is 1. The van der Waals surface area contributed by atoms with E-state index in [1.54, 1.807) is 0 Å². The summed E-state index contributed by atoms with van der Waals surface area (Å²) in [5.41, 5.74) is 1.61. The standard InChI is InChI=1S/C16H17NO3/c18-14-10-4-9-13(16(19)20)15(14)17-11-5-8-12-6-2-1-3-7-12/h1-4,6-7,9-10,17-18H,5,8,11H2,(H,19,20). The van der Waals surface area contributed by atoms with Gasteiger partial charge in [-0.3, -0.25) is 0 Å². The van der Waals surface area contributed by atoms with Crippen LogP contribution in [0.15, 0.2) is 48.5 Å². The maximum atomic E-state index is 11.1. The van der Waals surface area contributed by atoms with Crippen molar-refractivity contribution in [2.24, 2.45) is 0 Å². The molecular formula is C16H17NO3. The fraction of sp³-hybridized carbons (Fsp3) is 0.188. The van der Waals surface area contributed by atoms with Gasteiger partial charge in [-0.05, 0) is 30.5 Å². The van der Waals surface area contributed by atoms with Crippen LogP contribution in [-0.2, 0) is 6.42 Å². The predicted molar refractivity (Wildman–Crippen MR) is 78.3 cm³/mol. The van der Waals surface area contributed by atoms with Crippen LogP contribution in [0.3, 0.4) is 0 Å². The summed E-state index contributed by atoms with van der Waals surface area (Å²) < 4.78 is 0. The van der Waals surface area contributed by atoms with E-state index in [4.69, 9.17) is 5.11 Å². The Kier molecular flexibility index (Phi) is 4.60. The third kappa shape index (κ3) is 3.51. The number of carboxylic acid groups (broad SMARTS) is 1. The van der Waals surface area contributed by atoms with E-state index in [1.165, 1.54) is 23.8 Å². The molecule has 104 valence electrons. The van der Waals surface area contributed by atoms with Crippen LogP contribution in [0.4, 0.5) is 5.69 Å². The molecule has 0 spiro atoms. The maximum absolute atomic E-state index is 11.1. The van der Waals surface area contributed by atoms with Crippen molar-refractivity contribution in [2.45, 2.75) is 12.8 Å². The van der Waals surface area contributed by atoms with Crippen molar-refractivity contribution in [2.75, 3.05) is 11.9 Å². The third-order valence-corrected chi connectivity index (χ3v) is 3.06. The molecule has 0 aliphatic heterocycles. The van der Waals surface area contributed by atoms with E-state index in [9.17, 15) is 9.90 Å². The first-order chi connectivity index (χ1) is 9.68. The van der Waals surface area contributed by atoms with Crippen molar-refractivity contribution in [1.29, 1.82) is 0 Å². The molecule has 0 amide bonds. The molecule has 0 saturated carbocycles. The van der Waals surface area contributed by atoms with E-state index in [0.717, 1.165) is 12.8 Å². The highest BCUT2D eigenvalue weighted by Gasteiger charge is 2.12. The Labute approximate surface area is 117 Å². The number of carboxylic acids is 1. The van der Waals surface area contributed by atoms with Crippen LogP contribution < -0.4 is 5.32 Å². The van der Waals surface area contributed by atoms with Crippen LogP contribution in [0.2, 0.25) is 0 Å². The summed E-state index contributed by atoms with van der Waals surface area (Å²) >= 11 is 0. The van der Waals surface area contributed by atoms with Gasteiger partial charge >= 0.3 is 5.97 Å². The van der Waals surface area contributed by atoms with E-state index < -0.39 is 5.97 Å². The molecule has 0 aromatic heterocycles. The fourth-order valence-electron chi connectivity index (χ4n) is 2.05. The maximum Gasteiger partial charge on any atom is 0.337 e. The molecule has 0 aliphatic rings.